The molecule has 1 atom stereocenters. The molecule has 0 saturated heterocycles. The maximum atomic E-state index is 9.33. The molecule has 2 rings (SSSR count). The Bertz CT molecular complexity index is 325. The summed E-state index contributed by atoms with van der Waals surface area (Å²) in [6, 6.07) is 7.51. The number of aliphatic hydroxyl groups is 1. The molecule has 0 radical (unpaired) electrons. The Morgan fingerprint density at radius 2 is 1.71 bits per heavy atom. The van der Waals surface area contributed by atoms with Crippen LogP contribution in [0.3, 0.4) is 0 Å². The first-order chi connectivity index (χ1) is 8.31. The zero-order valence-electron chi connectivity index (χ0n) is 10.3. The fourth-order valence-electron chi connectivity index (χ4n) is 3.07. The highest BCUT2D eigenvalue weighted by atomic mass is 16.3. The van der Waals surface area contributed by atoms with Crippen molar-refractivity contribution in [2.45, 2.75) is 44.4 Å². The van der Waals surface area contributed by atoms with E-state index in [1.54, 1.807) is 12.1 Å². The summed E-state index contributed by atoms with van der Waals surface area (Å²) in [5, 5.41) is 18.6. The largest absolute Gasteiger partial charge is 0.508 e. The Morgan fingerprint density at radius 3 is 2.29 bits per heavy atom. The van der Waals surface area contributed by atoms with Crippen LogP contribution >= 0.6 is 0 Å². The number of benzene rings is 1. The number of rotatable bonds is 4. The van der Waals surface area contributed by atoms with Crippen molar-refractivity contribution in [3.05, 3.63) is 29.8 Å². The van der Waals surface area contributed by atoms with Gasteiger partial charge in [-0.1, -0.05) is 31.4 Å². The van der Waals surface area contributed by atoms with E-state index in [1.807, 2.05) is 12.1 Å². The van der Waals surface area contributed by atoms with Gasteiger partial charge >= 0.3 is 0 Å². The molecular formula is C15H22O2. The Kier molecular flexibility index (Phi) is 4.43. The zero-order valence-corrected chi connectivity index (χ0v) is 10.3. The summed E-state index contributed by atoms with van der Waals surface area (Å²) >= 11 is 0. The summed E-state index contributed by atoms with van der Waals surface area (Å²) in [5.74, 6) is 1.49. The van der Waals surface area contributed by atoms with Gasteiger partial charge in [-0.2, -0.15) is 0 Å². The van der Waals surface area contributed by atoms with Crippen LogP contribution in [0.2, 0.25) is 0 Å². The summed E-state index contributed by atoms with van der Waals surface area (Å²) in [7, 11) is 0. The van der Waals surface area contributed by atoms with Crippen LogP contribution in [0.4, 0.5) is 0 Å². The van der Waals surface area contributed by atoms with Crippen molar-refractivity contribution in [3.8, 4) is 5.75 Å². The van der Waals surface area contributed by atoms with Gasteiger partial charge in [0.25, 0.3) is 0 Å². The molecule has 1 aromatic rings. The van der Waals surface area contributed by atoms with Gasteiger partial charge in [-0.05, 0) is 48.8 Å². The minimum absolute atomic E-state index is 0.252. The Balaban J connectivity index is 2.12. The average Bonchev–Trinajstić information content (AvgIpc) is 2.38. The van der Waals surface area contributed by atoms with Gasteiger partial charge in [0, 0.05) is 6.61 Å². The van der Waals surface area contributed by atoms with Crippen LogP contribution in [0.5, 0.6) is 5.75 Å². The SMILES string of the molecule is OCCC(c1ccc(O)cc1)C1CCCCC1. The van der Waals surface area contributed by atoms with Crippen LogP contribution in [0, 0.1) is 5.92 Å². The summed E-state index contributed by atoms with van der Waals surface area (Å²) in [6.45, 7) is 0.252. The molecule has 2 heteroatoms. The minimum Gasteiger partial charge on any atom is -0.508 e. The molecule has 1 aromatic carbocycles. The third kappa shape index (κ3) is 3.22. The van der Waals surface area contributed by atoms with E-state index in [2.05, 4.69) is 0 Å². The maximum Gasteiger partial charge on any atom is 0.115 e. The van der Waals surface area contributed by atoms with E-state index in [9.17, 15) is 10.2 Å². The molecule has 0 spiro atoms. The molecule has 0 aliphatic heterocycles. The molecule has 1 fully saturated rings. The third-order valence-corrected chi connectivity index (χ3v) is 3.98. The predicted octanol–water partition coefficient (Wildman–Crippen LogP) is 3.44. The lowest BCUT2D eigenvalue weighted by atomic mass is 9.75. The maximum absolute atomic E-state index is 9.33. The molecule has 1 unspecified atom stereocenters. The highest BCUT2D eigenvalue weighted by Gasteiger charge is 2.24. The first-order valence-electron chi connectivity index (χ1n) is 6.71. The number of aliphatic hydroxyl groups excluding tert-OH is 1. The van der Waals surface area contributed by atoms with Gasteiger partial charge < -0.3 is 10.2 Å². The van der Waals surface area contributed by atoms with E-state index in [1.165, 1.54) is 37.7 Å². The molecule has 0 aromatic heterocycles. The van der Waals surface area contributed by atoms with E-state index >= 15 is 0 Å². The van der Waals surface area contributed by atoms with Gasteiger partial charge in [0.2, 0.25) is 0 Å². The highest BCUT2D eigenvalue weighted by molar-refractivity contribution is 5.28. The van der Waals surface area contributed by atoms with Crippen LogP contribution < -0.4 is 0 Å². The molecule has 1 saturated carbocycles. The van der Waals surface area contributed by atoms with Gasteiger partial charge in [-0.15, -0.1) is 0 Å². The normalized spacial score (nSPS) is 19.1. The van der Waals surface area contributed by atoms with Crippen molar-refractivity contribution in [3.63, 3.8) is 0 Å². The number of hydrogen-bond donors (Lipinski definition) is 2. The van der Waals surface area contributed by atoms with Gasteiger partial charge in [0.15, 0.2) is 0 Å². The minimum atomic E-state index is 0.252. The molecule has 1 aliphatic carbocycles. The van der Waals surface area contributed by atoms with Crippen LogP contribution in [0.25, 0.3) is 0 Å². The Labute approximate surface area is 103 Å². The first-order valence-corrected chi connectivity index (χ1v) is 6.71. The fourth-order valence-corrected chi connectivity index (χ4v) is 3.07. The van der Waals surface area contributed by atoms with Gasteiger partial charge in [-0.3, -0.25) is 0 Å². The molecule has 0 amide bonds. The second-order valence-corrected chi connectivity index (χ2v) is 5.11. The zero-order chi connectivity index (χ0) is 12.1. The smallest absolute Gasteiger partial charge is 0.115 e. The fraction of sp³-hybridized carbons (Fsp3) is 0.600. The lowest BCUT2D eigenvalue weighted by Crippen LogP contribution is -2.17. The molecule has 2 N–H and O–H groups in total. The lowest BCUT2D eigenvalue weighted by molar-refractivity contribution is 0.229. The van der Waals surface area contributed by atoms with Crippen molar-refractivity contribution >= 4 is 0 Å². The predicted molar refractivity (Wildman–Crippen MR) is 69.1 cm³/mol. The summed E-state index contributed by atoms with van der Waals surface area (Å²) in [4.78, 5) is 0. The monoisotopic (exact) mass is 234 g/mol. The van der Waals surface area contributed by atoms with Crippen LogP contribution in [-0.4, -0.2) is 16.8 Å². The lowest BCUT2D eigenvalue weighted by Gasteiger charge is -2.30. The number of aromatic hydroxyl groups is 1. The molecule has 17 heavy (non-hydrogen) atoms. The van der Waals surface area contributed by atoms with Crippen LogP contribution in [0.1, 0.15) is 50.0 Å². The Morgan fingerprint density at radius 1 is 1.06 bits per heavy atom. The quantitative estimate of drug-likeness (QED) is 0.837. The molecule has 2 nitrogen and oxygen atoms in total. The van der Waals surface area contributed by atoms with Crippen molar-refractivity contribution in [1.82, 2.24) is 0 Å². The standard InChI is InChI=1S/C15H22O2/c16-11-10-15(12-4-2-1-3-5-12)13-6-8-14(17)9-7-13/h6-9,12,15-17H,1-5,10-11H2. The number of hydrogen-bond acceptors (Lipinski definition) is 2. The molecule has 1 aliphatic rings. The van der Waals surface area contributed by atoms with E-state index < -0.39 is 0 Å². The second kappa shape index (κ2) is 6.06. The van der Waals surface area contributed by atoms with E-state index in [0.29, 0.717) is 17.6 Å². The van der Waals surface area contributed by atoms with Crippen molar-refractivity contribution in [2.75, 3.05) is 6.61 Å². The van der Waals surface area contributed by atoms with Gasteiger partial charge in [0.05, 0.1) is 0 Å². The van der Waals surface area contributed by atoms with Crippen molar-refractivity contribution < 1.29 is 10.2 Å². The topological polar surface area (TPSA) is 40.5 Å². The molecule has 0 heterocycles. The molecule has 0 bridgehead atoms. The van der Waals surface area contributed by atoms with Gasteiger partial charge in [0.1, 0.15) is 5.75 Å². The van der Waals surface area contributed by atoms with Crippen LogP contribution in [-0.2, 0) is 0 Å². The third-order valence-electron chi connectivity index (χ3n) is 3.98. The van der Waals surface area contributed by atoms with Gasteiger partial charge in [-0.25, -0.2) is 0 Å². The first kappa shape index (κ1) is 12.4. The number of phenols is 1. The summed E-state index contributed by atoms with van der Waals surface area (Å²) in [5.41, 5.74) is 1.27. The van der Waals surface area contributed by atoms with Crippen molar-refractivity contribution in [2.24, 2.45) is 5.92 Å². The summed E-state index contributed by atoms with van der Waals surface area (Å²) < 4.78 is 0. The van der Waals surface area contributed by atoms with E-state index in [4.69, 9.17) is 0 Å². The Hall–Kier alpha value is -1.02. The molecular weight excluding hydrogens is 212 g/mol. The number of phenolic OH excluding ortho intramolecular Hbond substituents is 1. The molecule has 94 valence electrons. The average molecular weight is 234 g/mol. The van der Waals surface area contributed by atoms with Crippen molar-refractivity contribution in [1.29, 1.82) is 0 Å². The highest BCUT2D eigenvalue weighted by Crippen LogP contribution is 2.38. The van der Waals surface area contributed by atoms with E-state index in [0.717, 1.165) is 6.42 Å². The second-order valence-electron chi connectivity index (χ2n) is 5.11. The summed E-state index contributed by atoms with van der Waals surface area (Å²) in [6.07, 6.45) is 7.42. The van der Waals surface area contributed by atoms with Crippen LogP contribution in [0.15, 0.2) is 24.3 Å². The van der Waals surface area contributed by atoms with E-state index in [-0.39, 0.29) is 6.61 Å².